The minimum atomic E-state index is 0.279. The van der Waals surface area contributed by atoms with E-state index in [4.69, 9.17) is 0 Å². The predicted molar refractivity (Wildman–Crippen MR) is 136 cm³/mol. The maximum Gasteiger partial charge on any atom is 0.173 e. The van der Waals surface area contributed by atoms with E-state index < -0.39 is 0 Å². The molecule has 0 aliphatic rings. The van der Waals surface area contributed by atoms with Crippen LogP contribution in [0.15, 0.2) is 97.3 Å². The molecule has 33 heavy (non-hydrogen) atoms. The van der Waals surface area contributed by atoms with Crippen molar-refractivity contribution in [2.75, 3.05) is 24.3 Å². The maximum atomic E-state index is 9.56. The highest BCUT2D eigenvalue weighted by molar-refractivity contribution is 5.48. The number of hydrogen-bond acceptors (Lipinski definition) is 3. The quantitative estimate of drug-likeness (QED) is 0.353. The molecule has 3 aromatic carbocycles. The van der Waals surface area contributed by atoms with Gasteiger partial charge >= 0.3 is 0 Å². The number of rotatable bonds is 9. The molecule has 2 N–H and O–H groups in total. The lowest BCUT2D eigenvalue weighted by molar-refractivity contribution is -0.688. The predicted octanol–water partition coefficient (Wildman–Crippen LogP) is 5.19. The second kappa shape index (κ2) is 10.7. The van der Waals surface area contributed by atoms with Gasteiger partial charge in [0, 0.05) is 55.8 Å². The van der Waals surface area contributed by atoms with Crippen molar-refractivity contribution in [3.8, 4) is 5.75 Å². The average molecular weight is 439 g/mol. The van der Waals surface area contributed by atoms with Crippen LogP contribution in [0.25, 0.3) is 0 Å². The molecular weight excluding hydrogens is 406 g/mol. The van der Waals surface area contributed by atoms with Crippen LogP contribution in [-0.4, -0.2) is 19.2 Å². The van der Waals surface area contributed by atoms with Gasteiger partial charge in [-0.1, -0.05) is 54.6 Å². The number of pyridine rings is 1. The Kier molecular flexibility index (Phi) is 7.26. The summed E-state index contributed by atoms with van der Waals surface area (Å²) in [5, 5.41) is 12.9. The van der Waals surface area contributed by atoms with Crippen LogP contribution in [0.2, 0.25) is 0 Å². The fraction of sp³-hybridized carbons (Fsp3) is 0.207. The SMILES string of the molecule is CN(C)c1cc[n+](Cc2ccc(CCc3ccc(CNc4cccc(O)c4)cc3)cc2)cc1. The Balaban J connectivity index is 1.25. The van der Waals surface area contributed by atoms with Crippen LogP contribution in [0.1, 0.15) is 22.3 Å². The topological polar surface area (TPSA) is 39.4 Å². The van der Waals surface area contributed by atoms with E-state index in [-0.39, 0.29) is 5.75 Å². The molecule has 0 aliphatic heterocycles. The van der Waals surface area contributed by atoms with E-state index in [1.807, 2.05) is 12.1 Å². The van der Waals surface area contributed by atoms with Crippen molar-refractivity contribution in [2.24, 2.45) is 0 Å². The van der Waals surface area contributed by atoms with E-state index in [0.29, 0.717) is 0 Å². The fourth-order valence-electron chi connectivity index (χ4n) is 3.81. The lowest BCUT2D eigenvalue weighted by Crippen LogP contribution is -2.33. The monoisotopic (exact) mass is 438 g/mol. The van der Waals surface area contributed by atoms with Crippen LogP contribution in [-0.2, 0) is 25.9 Å². The number of phenolic OH excluding ortho intramolecular Hbond substituents is 1. The van der Waals surface area contributed by atoms with Gasteiger partial charge in [-0.25, -0.2) is 4.57 Å². The number of aryl methyl sites for hydroxylation is 2. The van der Waals surface area contributed by atoms with Gasteiger partial charge in [0.25, 0.3) is 0 Å². The Labute approximate surface area is 196 Å². The van der Waals surface area contributed by atoms with E-state index in [9.17, 15) is 5.11 Å². The number of phenols is 1. The summed E-state index contributed by atoms with van der Waals surface area (Å²) in [6, 6.07) is 29.2. The zero-order valence-corrected chi connectivity index (χ0v) is 19.4. The molecule has 0 saturated carbocycles. The molecule has 0 aliphatic carbocycles. The Morgan fingerprint density at radius 2 is 1.30 bits per heavy atom. The number of nitrogens with zero attached hydrogens (tertiary/aromatic N) is 2. The number of benzene rings is 3. The van der Waals surface area contributed by atoms with Gasteiger partial charge in [0.15, 0.2) is 18.9 Å². The first-order valence-electron chi connectivity index (χ1n) is 11.4. The molecule has 0 atom stereocenters. The van der Waals surface area contributed by atoms with Crippen LogP contribution in [0.4, 0.5) is 11.4 Å². The summed E-state index contributed by atoms with van der Waals surface area (Å²) in [6.07, 6.45) is 6.32. The Morgan fingerprint density at radius 3 is 1.88 bits per heavy atom. The first-order valence-corrected chi connectivity index (χ1v) is 11.4. The Hall–Kier alpha value is -3.79. The van der Waals surface area contributed by atoms with Crippen LogP contribution in [0.5, 0.6) is 5.75 Å². The van der Waals surface area contributed by atoms with Crippen molar-refractivity contribution in [2.45, 2.75) is 25.9 Å². The number of anilines is 2. The van der Waals surface area contributed by atoms with E-state index in [1.165, 1.54) is 27.9 Å². The second-order valence-electron chi connectivity index (χ2n) is 8.66. The zero-order chi connectivity index (χ0) is 23.0. The van der Waals surface area contributed by atoms with Crippen LogP contribution >= 0.6 is 0 Å². The molecule has 4 nitrogen and oxygen atoms in total. The largest absolute Gasteiger partial charge is 0.508 e. The third-order valence-corrected chi connectivity index (χ3v) is 5.85. The third kappa shape index (κ3) is 6.59. The van der Waals surface area contributed by atoms with Crippen LogP contribution in [0, 0.1) is 0 Å². The van der Waals surface area contributed by atoms with E-state index >= 15 is 0 Å². The maximum absolute atomic E-state index is 9.56. The van der Waals surface area contributed by atoms with E-state index in [2.05, 4.69) is 102 Å². The van der Waals surface area contributed by atoms with Gasteiger partial charge in [0.05, 0.1) is 0 Å². The smallest absolute Gasteiger partial charge is 0.173 e. The highest BCUT2D eigenvalue weighted by atomic mass is 16.3. The van der Waals surface area contributed by atoms with Gasteiger partial charge in [-0.3, -0.25) is 0 Å². The summed E-state index contributed by atoms with van der Waals surface area (Å²) in [4.78, 5) is 2.11. The number of hydrogen-bond donors (Lipinski definition) is 2. The summed E-state index contributed by atoms with van der Waals surface area (Å²) < 4.78 is 2.21. The van der Waals surface area contributed by atoms with E-state index in [0.717, 1.165) is 31.6 Å². The summed E-state index contributed by atoms with van der Waals surface area (Å²) in [5.74, 6) is 0.279. The highest BCUT2D eigenvalue weighted by Crippen LogP contribution is 2.17. The van der Waals surface area contributed by atoms with Crippen molar-refractivity contribution < 1.29 is 9.67 Å². The van der Waals surface area contributed by atoms with Crippen molar-refractivity contribution >= 4 is 11.4 Å². The molecule has 0 saturated heterocycles. The molecule has 4 rings (SSSR count). The van der Waals surface area contributed by atoms with Crippen molar-refractivity contribution in [1.82, 2.24) is 0 Å². The summed E-state index contributed by atoms with van der Waals surface area (Å²) in [7, 11) is 4.12. The van der Waals surface area contributed by atoms with Crippen molar-refractivity contribution in [3.63, 3.8) is 0 Å². The molecule has 0 radical (unpaired) electrons. The van der Waals surface area contributed by atoms with Crippen molar-refractivity contribution in [1.29, 1.82) is 0 Å². The number of aromatic hydroxyl groups is 1. The van der Waals surface area contributed by atoms with Gasteiger partial charge < -0.3 is 15.3 Å². The van der Waals surface area contributed by atoms with Gasteiger partial charge in [0.2, 0.25) is 0 Å². The van der Waals surface area contributed by atoms with Crippen LogP contribution in [0.3, 0.4) is 0 Å². The average Bonchev–Trinajstić information content (AvgIpc) is 2.83. The van der Waals surface area contributed by atoms with Gasteiger partial charge in [-0.2, -0.15) is 0 Å². The standard InChI is InChI=1S/C29H31N3O/c1-31(2)28-16-18-32(19-17-28)22-26-14-10-24(11-15-26)7-6-23-8-12-25(13-9-23)21-30-27-4-3-5-29(33)20-27/h3-5,8-20,30H,6-7,21-22H2,1-2H3/p+1. The molecule has 4 aromatic rings. The molecule has 0 amide bonds. The summed E-state index contributed by atoms with van der Waals surface area (Å²) in [6.45, 7) is 1.62. The molecular formula is C29H32N3O+. The summed E-state index contributed by atoms with van der Waals surface area (Å²) >= 11 is 0. The molecule has 168 valence electrons. The summed E-state index contributed by atoms with van der Waals surface area (Å²) in [5.41, 5.74) is 7.37. The molecule has 0 unspecified atom stereocenters. The second-order valence-corrected chi connectivity index (χ2v) is 8.66. The van der Waals surface area contributed by atoms with Gasteiger partial charge in [-0.15, -0.1) is 0 Å². The molecule has 1 aromatic heterocycles. The van der Waals surface area contributed by atoms with Gasteiger partial charge in [0.1, 0.15) is 5.75 Å². The zero-order valence-electron chi connectivity index (χ0n) is 19.4. The number of aromatic nitrogens is 1. The normalized spacial score (nSPS) is 10.7. The minimum Gasteiger partial charge on any atom is -0.508 e. The lowest BCUT2D eigenvalue weighted by atomic mass is 10.0. The first-order chi connectivity index (χ1) is 16.0. The first kappa shape index (κ1) is 22.4. The molecule has 0 spiro atoms. The molecule has 0 fully saturated rings. The molecule has 0 bridgehead atoms. The number of nitrogens with one attached hydrogen (secondary N) is 1. The van der Waals surface area contributed by atoms with Crippen LogP contribution < -0.4 is 14.8 Å². The fourth-order valence-corrected chi connectivity index (χ4v) is 3.81. The van der Waals surface area contributed by atoms with Gasteiger partial charge in [-0.05, 0) is 41.7 Å². The lowest BCUT2D eigenvalue weighted by Gasteiger charge is -2.10. The van der Waals surface area contributed by atoms with Crippen molar-refractivity contribution in [3.05, 3.63) is 120 Å². The Morgan fingerprint density at radius 1 is 0.727 bits per heavy atom. The van der Waals surface area contributed by atoms with E-state index in [1.54, 1.807) is 12.1 Å². The minimum absolute atomic E-state index is 0.279. The molecule has 1 heterocycles. The Bertz CT molecular complexity index is 1150. The highest BCUT2D eigenvalue weighted by Gasteiger charge is 2.05. The third-order valence-electron chi connectivity index (χ3n) is 5.85. The molecule has 4 heteroatoms.